The summed E-state index contributed by atoms with van der Waals surface area (Å²) in [5.74, 6) is 1.98. The average molecular weight is 501 g/mol. The van der Waals surface area contributed by atoms with Gasteiger partial charge in [0.25, 0.3) is 5.91 Å². The largest absolute Gasteiger partial charge is 0.381 e. The van der Waals surface area contributed by atoms with E-state index in [1.807, 2.05) is 6.07 Å². The van der Waals surface area contributed by atoms with Crippen molar-refractivity contribution in [1.29, 1.82) is 0 Å². The van der Waals surface area contributed by atoms with E-state index >= 15 is 0 Å². The van der Waals surface area contributed by atoms with E-state index in [1.165, 1.54) is 56.3 Å². The third kappa shape index (κ3) is 4.65. The van der Waals surface area contributed by atoms with Crippen molar-refractivity contribution in [1.82, 2.24) is 10.2 Å². The van der Waals surface area contributed by atoms with Gasteiger partial charge in [-0.05, 0) is 111 Å². The van der Waals surface area contributed by atoms with Crippen LogP contribution in [0.5, 0.6) is 0 Å². The fourth-order valence-corrected chi connectivity index (χ4v) is 8.00. The molecule has 1 amide bonds. The average Bonchev–Trinajstić information content (AvgIpc) is 3.53. The van der Waals surface area contributed by atoms with Crippen LogP contribution in [0, 0.1) is 24.2 Å². The van der Waals surface area contributed by atoms with Gasteiger partial charge in [-0.25, -0.2) is 0 Å². The lowest BCUT2D eigenvalue weighted by molar-refractivity contribution is 0.0696. The van der Waals surface area contributed by atoms with Crippen molar-refractivity contribution in [2.45, 2.75) is 83.7 Å². The Kier molecular flexibility index (Phi) is 6.92. The molecule has 4 unspecified atom stereocenters. The molecule has 5 atom stereocenters. The van der Waals surface area contributed by atoms with Gasteiger partial charge in [0.15, 0.2) is 0 Å². The lowest BCUT2D eigenvalue weighted by Crippen LogP contribution is -2.49. The molecule has 37 heavy (non-hydrogen) atoms. The molecule has 3 aliphatic carbocycles. The number of rotatable bonds is 4. The SMILES string of the molecule is Cc1cc(C(=O)NC2CCOCC2)ccc1C1CCC(N2CCC3(C=CC4=C3C=CCC4C)[C@@H](C)C2)C1. The van der Waals surface area contributed by atoms with E-state index in [-0.39, 0.29) is 17.4 Å². The fourth-order valence-electron chi connectivity index (χ4n) is 8.00. The zero-order valence-electron chi connectivity index (χ0n) is 23.0. The molecule has 1 aromatic rings. The number of aryl methyl sites for hydroxylation is 1. The van der Waals surface area contributed by atoms with Gasteiger partial charge in [0.1, 0.15) is 0 Å². The van der Waals surface area contributed by atoms with Crippen molar-refractivity contribution >= 4 is 5.91 Å². The van der Waals surface area contributed by atoms with Crippen LogP contribution in [-0.4, -0.2) is 49.2 Å². The Morgan fingerprint density at radius 2 is 1.95 bits per heavy atom. The summed E-state index contributed by atoms with van der Waals surface area (Å²) in [4.78, 5) is 15.6. The van der Waals surface area contributed by atoms with Crippen LogP contribution in [0.15, 0.2) is 53.6 Å². The van der Waals surface area contributed by atoms with Crippen LogP contribution in [-0.2, 0) is 4.74 Å². The number of ether oxygens (including phenoxy) is 1. The number of amides is 1. The van der Waals surface area contributed by atoms with Crippen LogP contribution < -0.4 is 5.32 Å². The predicted molar refractivity (Wildman–Crippen MR) is 150 cm³/mol. The third-order valence-corrected chi connectivity index (χ3v) is 10.3. The van der Waals surface area contributed by atoms with Crippen LogP contribution >= 0.6 is 0 Å². The Hall–Kier alpha value is -2.17. The number of hydrogen-bond donors (Lipinski definition) is 1. The van der Waals surface area contributed by atoms with E-state index in [0.717, 1.165) is 31.6 Å². The molecule has 6 rings (SSSR count). The third-order valence-electron chi connectivity index (χ3n) is 10.3. The Balaban J connectivity index is 1.08. The molecule has 4 nitrogen and oxygen atoms in total. The lowest BCUT2D eigenvalue weighted by Gasteiger charge is -2.47. The molecule has 0 aromatic heterocycles. The number of piperidine rings is 1. The van der Waals surface area contributed by atoms with Gasteiger partial charge in [-0.15, -0.1) is 0 Å². The number of benzene rings is 1. The summed E-state index contributed by atoms with van der Waals surface area (Å²) < 4.78 is 5.42. The topological polar surface area (TPSA) is 41.6 Å². The summed E-state index contributed by atoms with van der Waals surface area (Å²) in [6.07, 6.45) is 17.9. The molecular formula is C33H44N2O2. The standard InChI is InChI=1S/C33H44N2O2/c1-22-5-4-6-31-30(22)11-14-33(31)15-16-35(21-24(33)3)28-9-7-25(20-28)29-10-8-26(19-23(29)2)32(36)34-27-12-17-37-18-13-27/h4,6,8,10-11,14,19,22,24-25,27-28H,5,7,9,12-13,15-18,20-21H2,1-3H3,(H,34,36)/t22?,24-,25?,28?,33?/m0/s1. The highest BCUT2D eigenvalue weighted by atomic mass is 16.5. The maximum atomic E-state index is 12.8. The minimum atomic E-state index is 0.0588. The van der Waals surface area contributed by atoms with Gasteiger partial charge in [-0.1, -0.05) is 44.2 Å². The number of carbonyl (C=O) groups is 1. The molecule has 1 spiro atoms. The summed E-state index contributed by atoms with van der Waals surface area (Å²) in [5, 5.41) is 3.21. The van der Waals surface area contributed by atoms with E-state index in [2.05, 4.69) is 67.4 Å². The molecule has 1 saturated carbocycles. The second-order valence-corrected chi connectivity index (χ2v) is 12.5. The Morgan fingerprint density at radius 3 is 2.73 bits per heavy atom. The number of hydrogen-bond acceptors (Lipinski definition) is 3. The van der Waals surface area contributed by atoms with Crippen LogP contribution in [0.2, 0.25) is 0 Å². The highest BCUT2D eigenvalue weighted by molar-refractivity contribution is 5.94. The van der Waals surface area contributed by atoms with Crippen molar-refractivity contribution < 1.29 is 9.53 Å². The van der Waals surface area contributed by atoms with E-state index in [0.29, 0.717) is 23.8 Å². The highest BCUT2D eigenvalue weighted by Gasteiger charge is 2.46. The summed E-state index contributed by atoms with van der Waals surface area (Å²) >= 11 is 0. The van der Waals surface area contributed by atoms with E-state index in [9.17, 15) is 4.79 Å². The van der Waals surface area contributed by atoms with Gasteiger partial charge in [-0.3, -0.25) is 4.79 Å². The van der Waals surface area contributed by atoms with Crippen LogP contribution in [0.3, 0.4) is 0 Å². The second-order valence-electron chi connectivity index (χ2n) is 12.5. The first-order valence-electron chi connectivity index (χ1n) is 14.8. The lowest BCUT2D eigenvalue weighted by atomic mass is 9.66. The number of nitrogens with one attached hydrogen (secondary N) is 1. The maximum Gasteiger partial charge on any atom is 0.251 e. The number of fused-ring (bicyclic) bond motifs is 1. The molecule has 5 aliphatic rings. The zero-order valence-corrected chi connectivity index (χ0v) is 23.0. The number of nitrogens with zero attached hydrogens (tertiary/aromatic N) is 1. The van der Waals surface area contributed by atoms with Crippen molar-refractivity contribution in [2.24, 2.45) is 17.3 Å². The summed E-state index contributed by atoms with van der Waals surface area (Å²) in [6.45, 7) is 11.0. The van der Waals surface area contributed by atoms with Crippen LogP contribution in [0.4, 0.5) is 0 Å². The molecule has 2 saturated heterocycles. The van der Waals surface area contributed by atoms with Crippen molar-refractivity contribution in [2.75, 3.05) is 26.3 Å². The molecule has 4 heteroatoms. The van der Waals surface area contributed by atoms with Gasteiger partial charge in [0.05, 0.1) is 0 Å². The van der Waals surface area contributed by atoms with E-state index in [1.54, 1.807) is 11.1 Å². The van der Waals surface area contributed by atoms with Gasteiger partial charge >= 0.3 is 0 Å². The maximum absolute atomic E-state index is 12.8. The predicted octanol–water partition coefficient (Wildman–Crippen LogP) is 6.33. The molecule has 1 N–H and O–H groups in total. The Labute approximate surface area is 223 Å². The second kappa shape index (κ2) is 10.2. The first kappa shape index (κ1) is 25.1. The Bertz CT molecular complexity index is 1130. The highest BCUT2D eigenvalue weighted by Crippen LogP contribution is 2.53. The van der Waals surface area contributed by atoms with Crippen molar-refractivity contribution in [3.63, 3.8) is 0 Å². The molecule has 198 valence electrons. The minimum absolute atomic E-state index is 0.0588. The quantitative estimate of drug-likeness (QED) is 0.525. The zero-order chi connectivity index (χ0) is 25.6. The van der Waals surface area contributed by atoms with Gasteiger partial charge < -0.3 is 15.0 Å². The number of carbonyl (C=O) groups excluding carboxylic acids is 1. The molecule has 1 aromatic carbocycles. The van der Waals surface area contributed by atoms with Crippen molar-refractivity contribution in [3.8, 4) is 0 Å². The first-order valence-corrected chi connectivity index (χ1v) is 14.8. The van der Waals surface area contributed by atoms with Crippen LogP contribution in [0.1, 0.15) is 86.2 Å². The monoisotopic (exact) mass is 500 g/mol. The molecule has 0 bridgehead atoms. The fraction of sp³-hybridized carbons (Fsp3) is 0.606. The molecule has 2 aliphatic heterocycles. The van der Waals surface area contributed by atoms with Gasteiger partial charge in [0, 0.05) is 42.8 Å². The molecule has 2 heterocycles. The van der Waals surface area contributed by atoms with E-state index < -0.39 is 0 Å². The summed E-state index contributed by atoms with van der Waals surface area (Å²) in [7, 11) is 0. The summed E-state index contributed by atoms with van der Waals surface area (Å²) in [5.41, 5.74) is 6.99. The Morgan fingerprint density at radius 1 is 1.11 bits per heavy atom. The molecule has 3 fully saturated rings. The van der Waals surface area contributed by atoms with Gasteiger partial charge in [-0.2, -0.15) is 0 Å². The smallest absolute Gasteiger partial charge is 0.251 e. The number of allylic oxidation sites excluding steroid dienone is 6. The summed E-state index contributed by atoms with van der Waals surface area (Å²) in [6, 6.07) is 7.32. The molecular weight excluding hydrogens is 456 g/mol. The molecule has 0 radical (unpaired) electrons. The van der Waals surface area contributed by atoms with Gasteiger partial charge in [0.2, 0.25) is 0 Å². The van der Waals surface area contributed by atoms with Crippen LogP contribution in [0.25, 0.3) is 0 Å². The van der Waals surface area contributed by atoms with Crippen molar-refractivity contribution in [3.05, 3.63) is 70.3 Å². The first-order chi connectivity index (χ1) is 17.9. The van der Waals surface area contributed by atoms with E-state index in [4.69, 9.17) is 4.74 Å². The minimum Gasteiger partial charge on any atom is -0.381 e. The number of likely N-dealkylation sites (tertiary alicyclic amines) is 1. The normalized spacial score (nSPS) is 34.4.